The summed E-state index contributed by atoms with van der Waals surface area (Å²) in [6.07, 6.45) is 0. The molecule has 0 aliphatic carbocycles. The molecule has 12 aromatic rings. The second-order valence-corrected chi connectivity index (χ2v) is 19.8. The van der Waals surface area contributed by atoms with Crippen molar-refractivity contribution in [2.75, 3.05) is 0 Å². The van der Waals surface area contributed by atoms with Crippen molar-refractivity contribution in [2.24, 2.45) is 0 Å². The third-order valence-electron chi connectivity index (χ3n) is 14.4. The Morgan fingerprint density at radius 3 is 0.973 bits per heavy atom. The van der Waals surface area contributed by atoms with E-state index in [-0.39, 0.29) is 0 Å². The molecule has 0 unspecified atom stereocenters. The maximum Gasteiger partial charge on any atom is 0.162 e. The summed E-state index contributed by atoms with van der Waals surface area (Å²) in [5.74, 6) is 0.928. The van der Waals surface area contributed by atoms with Crippen LogP contribution in [-0.2, 0) is 0 Å². The number of hydrogen-bond acceptors (Lipinski definition) is 5. The monoisotopic (exact) mass is 964 g/mol. The molecule has 0 bridgehead atoms. The standard InChI is InChI=1S/C69H52N6/c1-42-31-44(3)65(45(4)32-42)53-27-29-63-55(37-53)56-38-54(66-46(5)33-43(2)34-47(66)6)28-30-64(56)75(63)67-57(68-71-59(49-19-11-7-12-20-49)39-60(72-68)50-21-13-8-14-22-50)35-48(41-70)36-58(67)69-73-61(51-23-15-9-16-24-51)40-62(74-69)52-25-17-10-18-26-52/h7-40H,1-6H3. The highest BCUT2D eigenvalue weighted by Crippen LogP contribution is 2.45. The highest BCUT2D eigenvalue weighted by molar-refractivity contribution is 6.13. The van der Waals surface area contributed by atoms with Crippen LogP contribution in [0.1, 0.15) is 38.9 Å². The fourth-order valence-corrected chi connectivity index (χ4v) is 11.3. The Labute approximate surface area is 438 Å². The van der Waals surface area contributed by atoms with E-state index < -0.39 is 0 Å². The maximum atomic E-state index is 11.1. The van der Waals surface area contributed by atoms with Crippen molar-refractivity contribution in [3.8, 4) is 102 Å². The number of nitriles is 1. The number of aryl methyl sites for hydroxylation is 6. The topological polar surface area (TPSA) is 80.3 Å². The van der Waals surface area contributed by atoms with Crippen molar-refractivity contribution in [3.63, 3.8) is 0 Å². The molecular formula is C69H52N6. The highest BCUT2D eigenvalue weighted by Gasteiger charge is 2.27. The molecule has 9 aromatic carbocycles. The first-order chi connectivity index (χ1) is 36.6. The molecule has 0 aliphatic rings. The number of benzene rings is 9. The fourth-order valence-electron chi connectivity index (χ4n) is 11.3. The molecule has 0 fully saturated rings. The molecule has 6 nitrogen and oxygen atoms in total. The minimum atomic E-state index is 0.426. The van der Waals surface area contributed by atoms with E-state index in [0.29, 0.717) is 28.3 Å². The van der Waals surface area contributed by atoms with Crippen molar-refractivity contribution < 1.29 is 0 Å². The summed E-state index contributed by atoms with van der Waals surface area (Å²) in [5, 5.41) is 13.3. The summed E-state index contributed by atoms with van der Waals surface area (Å²) in [7, 11) is 0. The van der Waals surface area contributed by atoms with Gasteiger partial charge in [0.25, 0.3) is 0 Å². The van der Waals surface area contributed by atoms with Gasteiger partial charge in [-0.25, -0.2) is 19.9 Å². The summed E-state index contributed by atoms with van der Waals surface area (Å²) >= 11 is 0. The lowest BCUT2D eigenvalue weighted by molar-refractivity contribution is 1.12. The van der Waals surface area contributed by atoms with Gasteiger partial charge in [0.05, 0.1) is 51.1 Å². The third kappa shape index (κ3) is 8.65. The van der Waals surface area contributed by atoms with E-state index in [0.717, 1.165) is 83.6 Å². The second-order valence-electron chi connectivity index (χ2n) is 19.8. The predicted molar refractivity (Wildman–Crippen MR) is 309 cm³/mol. The Morgan fingerprint density at radius 2 is 0.667 bits per heavy atom. The Hall–Kier alpha value is -9.57. The van der Waals surface area contributed by atoms with E-state index in [1.54, 1.807) is 0 Å². The van der Waals surface area contributed by atoms with Crippen LogP contribution in [0.2, 0.25) is 0 Å². The second kappa shape index (κ2) is 19.1. The Kier molecular flexibility index (Phi) is 11.9. The normalized spacial score (nSPS) is 11.3. The van der Waals surface area contributed by atoms with Crippen LogP contribution in [0.3, 0.4) is 0 Å². The third-order valence-corrected chi connectivity index (χ3v) is 14.4. The van der Waals surface area contributed by atoms with Gasteiger partial charge >= 0.3 is 0 Å². The van der Waals surface area contributed by atoms with Crippen molar-refractivity contribution >= 4 is 21.8 Å². The fraction of sp³-hybridized carbons (Fsp3) is 0.0870. The molecule has 0 radical (unpaired) electrons. The quantitative estimate of drug-likeness (QED) is 0.144. The van der Waals surface area contributed by atoms with Gasteiger partial charge in [-0.15, -0.1) is 0 Å². The van der Waals surface area contributed by atoms with Gasteiger partial charge < -0.3 is 4.57 Å². The van der Waals surface area contributed by atoms with Crippen LogP contribution in [0.25, 0.3) is 118 Å². The first kappa shape index (κ1) is 46.5. The van der Waals surface area contributed by atoms with Gasteiger partial charge in [0.1, 0.15) is 0 Å². The Bertz CT molecular complexity index is 3800. The van der Waals surface area contributed by atoms with E-state index >= 15 is 0 Å². The number of aromatic nitrogens is 5. The maximum absolute atomic E-state index is 11.1. The summed E-state index contributed by atoms with van der Waals surface area (Å²) in [4.78, 5) is 21.8. The van der Waals surface area contributed by atoms with E-state index in [2.05, 4.69) is 174 Å². The van der Waals surface area contributed by atoms with Crippen molar-refractivity contribution in [3.05, 3.63) is 245 Å². The lowest BCUT2D eigenvalue weighted by Gasteiger charge is -2.20. The van der Waals surface area contributed by atoms with E-state index in [4.69, 9.17) is 19.9 Å². The van der Waals surface area contributed by atoms with E-state index in [1.807, 2.05) is 84.9 Å². The first-order valence-electron chi connectivity index (χ1n) is 25.4. The summed E-state index contributed by atoms with van der Waals surface area (Å²) in [6.45, 7) is 13.2. The van der Waals surface area contributed by atoms with Gasteiger partial charge in [-0.05, 0) is 135 Å². The lowest BCUT2D eigenvalue weighted by atomic mass is 9.91. The summed E-state index contributed by atoms with van der Waals surface area (Å²) in [6, 6.07) is 74.2. The largest absolute Gasteiger partial charge is 0.308 e. The molecule has 0 saturated carbocycles. The van der Waals surface area contributed by atoms with Gasteiger partial charge in [0.2, 0.25) is 0 Å². The molecule has 0 N–H and O–H groups in total. The van der Waals surface area contributed by atoms with Crippen LogP contribution in [0.5, 0.6) is 0 Å². The van der Waals surface area contributed by atoms with Crippen molar-refractivity contribution in [1.29, 1.82) is 5.26 Å². The number of fused-ring (bicyclic) bond motifs is 3. The molecule has 0 atom stereocenters. The minimum Gasteiger partial charge on any atom is -0.308 e. The van der Waals surface area contributed by atoms with Crippen LogP contribution in [0.4, 0.5) is 0 Å². The molecule has 3 aromatic heterocycles. The molecule has 12 rings (SSSR count). The molecule has 0 saturated heterocycles. The molecule has 0 spiro atoms. The molecule has 0 aliphatic heterocycles. The van der Waals surface area contributed by atoms with Crippen molar-refractivity contribution in [1.82, 2.24) is 24.5 Å². The average Bonchev–Trinajstić information content (AvgIpc) is 3.88. The van der Waals surface area contributed by atoms with Gasteiger partial charge in [0, 0.05) is 44.2 Å². The number of hydrogen-bond donors (Lipinski definition) is 0. The SMILES string of the molecule is Cc1cc(C)c(-c2ccc3c(c2)c2cc(-c4c(C)cc(C)cc4C)ccc2n3-c2c(-c3nc(-c4ccccc4)cc(-c4ccccc4)n3)cc(C#N)cc2-c2nc(-c3ccccc3)cc(-c3ccccc3)n2)c(C)c1. The highest BCUT2D eigenvalue weighted by atomic mass is 15.0. The molecule has 6 heteroatoms. The van der Waals surface area contributed by atoms with E-state index in [9.17, 15) is 5.26 Å². The van der Waals surface area contributed by atoms with Crippen LogP contribution in [0.15, 0.2) is 206 Å². The van der Waals surface area contributed by atoms with Crippen LogP contribution in [0, 0.1) is 52.9 Å². The van der Waals surface area contributed by atoms with Crippen molar-refractivity contribution in [2.45, 2.75) is 41.5 Å². The molecular weight excluding hydrogens is 913 g/mol. The Balaban J connectivity index is 1.25. The van der Waals surface area contributed by atoms with Gasteiger partial charge in [-0.2, -0.15) is 5.26 Å². The van der Waals surface area contributed by atoms with Gasteiger partial charge in [-0.1, -0.05) is 169 Å². The summed E-state index contributed by atoms with van der Waals surface area (Å²) < 4.78 is 2.34. The minimum absolute atomic E-state index is 0.426. The molecule has 75 heavy (non-hydrogen) atoms. The average molecular weight is 965 g/mol. The van der Waals surface area contributed by atoms with Crippen LogP contribution >= 0.6 is 0 Å². The van der Waals surface area contributed by atoms with Gasteiger partial charge in [0.15, 0.2) is 11.6 Å². The lowest BCUT2D eigenvalue weighted by Crippen LogP contribution is -2.06. The zero-order valence-electron chi connectivity index (χ0n) is 42.8. The molecule has 3 heterocycles. The predicted octanol–water partition coefficient (Wildman–Crippen LogP) is 17.4. The molecule has 358 valence electrons. The van der Waals surface area contributed by atoms with E-state index in [1.165, 1.54) is 44.5 Å². The number of rotatable bonds is 9. The molecule has 0 amide bonds. The Morgan fingerprint density at radius 1 is 0.347 bits per heavy atom. The smallest absolute Gasteiger partial charge is 0.162 e. The van der Waals surface area contributed by atoms with Crippen LogP contribution < -0.4 is 0 Å². The van der Waals surface area contributed by atoms with Gasteiger partial charge in [-0.3, -0.25) is 0 Å². The number of nitrogens with zero attached hydrogens (tertiary/aromatic N) is 6. The first-order valence-corrected chi connectivity index (χ1v) is 25.4. The van der Waals surface area contributed by atoms with Crippen LogP contribution in [-0.4, -0.2) is 24.5 Å². The zero-order chi connectivity index (χ0) is 51.3. The zero-order valence-corrected chi connectivity index (χ0v) is 42.8. The summed E-state index contributed by atoms with van der Waals surface area (Å²) in [5.41, 5.74) is 23.4.